The maximum atomic E-state index is 12.7. The van der Waals surface area contributed by atoms with E-state index in [2.05, 4.69) is 28.4 Å². The number of allylic oxidation sites excluding steroid dienone is 3. The molecule has 0 saturated carbocycles. The number of H-pyrrole nitrogens is 1. The van der Waals surface area contributed by atoms with Crippen molar-refractivity contribution in [1.29, 1.82) is 0 Å². The quantitative estimate of drug-likeness (QED) is 0.302. The van der Waals surface area contributed by atoms with Crippen molar-refractivity contribution in [2.75, 3.05) is 45.8 Å². The fourth-order valence-corrected chi connectivity index (χ4v) is 3.58. The minimum Gasteiger partial charge on any atom is -0.494 e. The summed E-state index contributed by atoms with van der Waals surface area (Å²) in [5.74, 6) is 1.43. The Kier molecular flexibility index (Phi) is 7.78. The van der Waals surface area contributed by atoms with E-state index < -0.39 is 5.60 Å². The van der Waals surface area contributed by atoms with Crippen LogP contribution in [-0.2, 0) is 9.47 Å². The second-order valence-corrected chi connectivity index (χ2v) is 8.16. The highest BCUT2D eigenvalue weighted by Crippen LogP contribution is 2.32. The maximum absolute atomic E-state index is 12.7. The molecule has 0 radical (unpaired) electrons. The molecular formula is C24H32N4O5. The minimum absolute atomic E-state index is 0.274. The first kappa shape index (κ1) is 24.3. The van der Waals surface area contributed by atoms with Gasteiger partial charge in [-0.3, -0.25) is 5.32 Å². The number of aromatic nitrogens is 2. The normalized spacial score (nSPS) is 15.9. The molecule has 9 nitrogen and oxygen atoms in total. The van der Waals surface area contributed by atoms with Gasteiger partial charge in [-0.05, 0) is 49.6 Å². The summed E-state index contributed by atoms with van der Waals surface area (Å²) in [4.78, 5) is 22.1. The summed E-state index contributed by atoms with van der Waals surface area (Å²) < 4.78 is 16.1. The molecule has 1 fully saturated rings. The smallest absolute Gasteiger partial charge is 0.324 e. The predicted octanol–water partition coefficient (Wildman–Crippen LogP) is 3.70. The van der Waals surface area contributed by atoms with E-state index in [0.717, 1.165) is 5.56 Å². The molecule has 3 rings (SSSR count). The van der Waals surface area contributed by atoms with Crippen molar-refractivity contribution in [2.24, 2.45) is 0 Å². The Labute approximate surface area is 193 Å². The van der Waals surface area contributed by atoms with Crippen LogP contribution < -0.4 is 10.1 Å². The number of rotatable bonds is 9. The van der Waals surface area contributed by atoms with Gasteiger partial charge in [-0.2, -0.15) is 0 Å². The average Bonchev–Trinajstić information content (AvgIpc) is 3.21. The number of aliphatic hydroxyl groups is 1. The molecule has 9 heteroatoms. The number of carbonyl (C=O) groups is 1. The van der Waals surface area contributed by atoms with Crippen molar-refractivity contribution in [3.63, 3.8) is 0 Å². The Morgan fingerprint density at radius 3 is 2.70 bits per heavy atom. The molecular weight excluding hydrogens is 424 g/mol. The number of benzene rings is 1. The number of fused-ring (bicyclic) bond motifs is 1. The van der Waals surface area contributed by atoms with Crippen molar-refractivity contribution >= 4 is 28.6 Å². The van der Waals surface area contributed by atoms with E-state index in [0.29, 0.717) is 73.2 Å². The number of carbonyl (C=O) groups excluding carboxylic acids is 1. The molecule has 2 aromatic rings. The molecule has 0 unspecified atom stereocenters. The number of imidazole rings is 1. The van der Waals surface area contributed by atoms with Crippen molar-refractivity contribution < 1.29 is 24.1 Å². The Balaban J connectivity index is 1.84. The molecule has 1 aliphatic rings. The van der Waals surface area contributed by atoms with Gasteiger partial charge in [-0.15, -0.1) is 0 Å². The van der Waals surface area contributed by atoms with Gasteiger partial charge in [-0.25, -0.2) is 9.78 Å². The number of piperidine rings is 1. The Morgan fingerprint density at radius 1 is 1.33 bits per heavy atom. The van der Waals surface area contributed by atoms with E-state index in [4.69, 9.17) is 14.2 Å². The predicted molar refractivity (Wildman–Crippen MR) is 128 cm³/mol. The van der Waals surface area contributed by atoms with Crippen LogP contribution in [0.4, 0.5) is 10.7 Å². The topological polar surface area (TPSA) is 109 Å². The molecule has 0 aliphatic carbocycles. The van der Waals surface area contributed by atoms with Crippen LogP contribution in [0.1, 0.15) is 25.3 Å². The van der Waals surface area contributed by atoms with E-state index in [-0.39, 0.29) is 6.03 Å². The highest BCUT2D eigenvalue weighted by Gasteiger charge is 2.30. The highest BCUT2D eigenvalue weighted by molar-refractivity contribution is 5.97. The molecule has 1 aromatic heterocycles. The van der Waals surface area contributed by atoms with Gasteiger partial charge in [0.25, 0.3) is 0 Å². The second kappa shape index (κ2) is 10.5. The van der Waals surface area contributed by atoms with Crippen molar-refractivity contribution in [3.05, 3.63) is 48.8 Å². The van der Waals surface area contributed by atoms with Crippen LogP contribution in [0.15, 0.2) is 43.2 Å². The summed E-state index contributed by atoms with van der Waals surface area (Å²) in [5.41, 5.74) is 1.97. The van der Waals surface area contributed by atoms with E-state index in [1.807, 2.05) is 6.07 Å². The number of anilines is 1. The lowest BCUT2D eigenvalue weighted by Crippen LogP contribution is -2.46. The largest absolute Gasteiger partial charge is 0.494 e. The lowest BCUT2D eigenvalue weighted by molar-refractivity contribution is 0.00569. The second-order valence-electron chi connectivity index (χ2n) is 8.16. The third kappa shape index (κ3) is 5.94. The molecule has 3 N–H and O–H groups in total. The molecule has 1 aliphatic heterocycles. The van der Waals surface area contributed by atoms with Gasteiger partial charge in [0.1, 0.15) is 23.6 Å². The summed E-state index contributed by atoms with van der Waals surface area (Å²) in [5, 5.41) is 12.9. The zero-order valence-corrected chi connectivity index (χ0v) is 19.4. The zero-order valence-electron chi connectivity index (χ0n) is 19.4. The van der Waals surface area contributed by atoms with Crippen LogP contribution >= 0.6 is 0 Å². The SMILES string of the molecule is C=C/C(=C\C(=C)c1ccc(OC)c2nc(NC(=O)N3CCC(C)(O)CC3)[nH]c12)OCCOC. The van der Waals surface area contributed by atoms with Crippen molar-refractivity contribution in [2.45, 2.75) is 25.4 Å². The minimum atomic E-state index is -0.732. The fourth-order valence-electron chi connectivity index (χ4n) is 3.58. The third-order valence-corrected chi connectivity index (χ3v) is 5.60. The van der Waals surface area contributed by atoms with Crippen LogP contribution in [0.5, 0.6) is 5.75 Å². The van der Waals surface area contributed by atoms with Gasteiger partial charge in [-0.1, -0.05) is 13.2 Å². The molecule has 33 heavy (non-hydrogen) atoms. The standard InChI is InChI=1S/C24H32N4O5/c1-6-17(33-14-13-31-4)15-16(2)18-7-8-19(32-5)21-20(18)25-22(26-21)27-23(29)28-11-9-24(3,30)10-12-28/h6-8,15,30H,1-2,9-14H2,3-5H3,(H2,25,26,27,29)/b17-15+. The van der Waals surface area contributed by atoms with Gasteiger partial charge >= 0.3 is 6.03 Å². The van der Waals surface area contributed by atoms with Gasteiger partial charge in [0.2, 0.25) is 5.95 Å². The van der Waals surface area contributed by atoms with Gasteiger partial charge in [0.15, 0.2) is 0 Å². The summed E-state index contributed by atoms with van der Waals surface area (Å²) in [7, 11) is 3.17. The van der Waals surface area contributed by atoms with E-state index in [1.165, 1.54) is 0 Å². The molecule has 0 spiro atoms. The average molecular weight is 457 g/mol. The first-order valence-electron chi connectivity index (χ1n) is 10.8. The first-order valence-corrected chi connectivity index (χ1v) is 10.8. The molecule has 2 heterocycles. The number of urea groups is 1. The number of nitrogens with zero attached hydrogens (tertiary/aromatic N) is 2. The summed E-state index contributed by atoms with van der Waals surface area (Å²) in [6.07, 6.45) is 4.45. The highest BCUT2D eigenvalue weighted by atomic mass is 16.5. The van der Waals surface area contributed by atoms with Crippen LogP contribution in [0.25, 0.3) is 16.6 Å². The van der Waals surface area contributed by atoms with Crippen molar-refractivity contribution in [3.8, 4) is 5.75 Å². The Hall–Kier alpha value is -3.30. The van der Waals surface area contributed by atoms with E-state index >= 15 is 0 Å². The van der Waals surface area contributed by atoms with E-state index in [1.54, 1.807) is 44.3 Å². The number of hydrogen-bond donors (Lipinski definition) is 3. The van der Waals surface area contributed by atoms with Gasteiger partial charge < -0.3 is 29.2 Å². The van der Waals surface area contributed by atoms with Crippen LogP contribution in [0.2, 0.25) is 0 Å². The summed E-state index contributed by atoms with van der Waals surface area (Å²) in [6.45, 7) is 11.5. The number of hydrogen-bond acceptors (Lipinski definition) is 6. The zero-order chi connectivity index (χ0) is 24.0. The van der Waals surface area contributed by atoms with E-state index in [9.17, 15) is 9.90 Å². The Morgan fingerprint density at radius 2 is 2.06 bits per heavy atom. The molecule has 178 valence electrons. The molecule has 0 bridgehead atoms. The van der Waals surface area contributed by atoms with Crippen LogP contribution in [-0.4, -0.2) is 72.1 Å². The summed E-state index contributed by atoms with van der Waals surface area (Å²) >= 11 is 0. The lowest BCUT2D eigenvalue weighted by atomic mass is 9.94. The fraction of sp³-hybridized carbons (Fsp3) is 0.417. The molecule has 0 atom stereocenters. The maximum Gasteiger partial charge on any atom is 0.324 e. The molecule has 1 aromatic carbocycles. The number of methoxy groups -OCH3 is 2. The number of ether oxygens (including phenoxy) is 3. The van der Waals surface area contributed by atoms with Crippen LogP contribution in [0.3, 0.4) is 0 Å². The first-order chi connectivity index (χ1) is 15.8. The Bertz CT molecular complexity index is 1050. The number of nitrogens with one attached hydrogen (secondary N) is 2. The monoisotopic (exact) mass is 456 g/mol. The molecule has 1 saturated heterocycles. The lowest BCUT2D eigenvalue weighted by Gasteiger charge is -2.35. The number of aromatic amines is 1. The third-order valence-electron chi connectivity index (χ3n) is 5.60. The van der Waals surface area contributed by atoms with Gasteiger partial charge in [0.05, 0.1) is 24.8 Å². The summed E-state index contributed by atoms with van der Waals surface area (Å²) in [6, 6.07) is 3.39. The van der Waals surface area contributed by atoms with Crippen molar-refractivity contribution in [1.82, 2.24) is 14.9 Å². The number of likely N-dealkylation sites (tertiary alicyclic amines) is 1. The van der Waals surface area contributed by atoms with Crippen LogP contribution in [0, 0.1) is 0 Å². The van der Waals surface area contributed by atoms with Gasteiger partial charge in [0, 0.05) is 25.8 Å². The number of amides is 2. The molecule has 2 amide bonds.